The van der Waals surface area contributed by atoms with Crippen LogP contribution in [0.25, 0.3) is 0 Å². The van der Waals surface area contributed by atoms with E-state index in [0.29, 0.717) is 19.4 Å². The second-order valence-electron chi connectivity index (χ2n) is 3.79. The van der Waals surface area contributed by atoms with E-state index in [0.717, 1.165) is 6.42 Å². The van der Waals surface area contributed by atoms with E-state index in [4.69, 9.17) is 5.84 Å². The minimum Gasteiger partial charge on any atom is -0.299 e. The van der Waals surface area contributed by atoms with E-state index in [1.807, 2.05) is 6.92 Å². The van der Waals surface area contributed by atoms with E-state index >= 15 is 0 Å². The second-order valence-corrected chi connectivity index (χ2v) is 4.53. The number of imide groups is 1. The van der Waals surface area contributed by atoms with Crippen molar-refractivity contribution in [3.63, 3.8) is 0 Å². The van der Waals surface area contributed by atoms with Crippen LogP contribution in [0.15, 0.2) is 0 Å². The van der Waals surface area contributed by atoms with Crippen LogP contribution in [0.5, 0.6) is 0 Å². The lowest BCUT2D eigenvalue weighted by Gasteiger charge is -2.25. The maximum Gasteiger partial charge on any atom is 0.231 e. The molecule has 1 saturated heterocycles. The lowest BCUT2D eigenvalue weighted by Crippen LogP contribution is -2.46. The quantitative estimate of drug-likeness (QED) is 0.347. The molecule has 3 atom stereocenters. The normalized spacial score (nSPS) is 28.7. The Morgan fingerprint density at radius 3 is 2.87 bits per heavy atom. The monoisotopic (exact) mass is 231 g/mol. The lowest BCUT2D eigenvalue weighted by atomic mass is 9.94. The van der Waals surface area contributed by atoms with Crippen LogP contribution in [0.2, 0.25) is 0 Å². The highest BCUT2D eigenvalue weighted by Crippen LogP contribution is 2.26. The van der Waals surface area contributed by atoms with E-state index in [-0.39, 0.29) is 23.1 Å². The third kappa shape index (κ3) is 2.93. The van der Waals surface area contributed by atoms with Crippen molar-refractivity contribution >= 4 is 24.9 Å². The Morgan fingerprint density at radius 1 is 1.80 bits per heavy atom. The Morgan fingerprint density at radius 2 is 2.47 bits per heavy atom. The van der Waals surface area contributed by atoms with Crippen molar-refractivity contribution in [3.05, 3.63) is 0 Å². The smallest absolute Gasteiger partial charge is 0.231 e. The Labute approximate surface area is 94.8 Å². The van der Waals surface area contributed by atoms with Gasteiger partial charge in [0, 0.05) is 17.8 Å². The summed E-state index contributed by atoms with van der Waals surface area (Å²) in [7, 11) is 0. The van der Waals surface area contributed by atoms with Gasteiger partial charge in [0.05, 0.1) is 5.92 Å². The van der Waals surface area contributed by atoms with Crippen LogP contribution in [0.1, 0.15) is 19.8 Å². The van der Waals surface area contributed by atoms with Crippen LogP contribution in [0, 0.1) is 5.92 Å². The number of hydrogen-bond acceptors (Lipinski definition) is 5. The molecule has 0 aromatic rings. The van der Waals surface area contributed by atoms with Gasteiger partial charge in [0.1, 0.15) is 0 Å². The summed E-state index contributed by atoms with van der Waals surface area (Å²) in [6, 6.07) is -0.0163. The molecule has 3 unspecified atom stereocenters. The van der Waals surface area contributed by atoms with Gasteiger partial charge in [-0.2, -0.15) is 12.6 Å². The maximum absolute atomic E-state index is 11.6. The minimum atomic E-state index is -0.254. The molecule has 0 radical (unpaired) electrons. The summed E-state index contributed by atoms with van der Waals surface area (Å²) in [6.07, 6.45) is 1.86. The molecular formula is C9H17N3O2S. The molecule has 0 aromatic heterocycles. The molecule has 1 fully saturated rings. The van der Waals surface area contributed by atoms with E-state index < -0.39 is 0 Å². The zero-order valence-corrected chi connectivity index (χ0v) is 9.61. The molecule has 1 heterocycles. The topological polar surface area (TPSA) is 75.4 Å². The highest BCUT2D eigenvalue weighted by atomic mass is 32.1. The van der Waals surface area contributed by atoms with Crippen LogP contribution in [-0.4, -0.2) is 35.2 Å². The molecule has 1 aliphatic rings. The van der Waals surface area contributed by atoms with E-state index in [2.05, 4.69) is 17.9 Å². The van der Waals surface area contributed by atoms with Gasteiger partial charge in [0.25, 0.3) is 0 Å². The summed E-state index contributed by atoms with van der Waals surface area (Å²) in [5, 5.41) is 4.04. The van der Waals surface area contributed by atoms with Gasteiger partial charge in [-0.3, -0.25) is 20.7 Å². The molecule has 0 spiro atoms. The van der Waals surface area contributed by atoms with Gasteiger partial charge in [-0.15, -0.1) is 0 Å². The van der Waals surface area contributed by atoms with E-state index in [9.17, 15) is 9.59 Å². The number of hydrogen-bond donors (Lipinski definition) is 3. The molecule has 0 bridgehead atoms. The average Bonchev–Trinajstić information content (AvgIpc) is 2.47. The van der Waals surface area contributed by atoms with Crippen LogP contribution in [0.4, 0.5) is 0 Å². The molecule has 15 heavy (non-hydrogen) atoms. The summed E-state index contributed by atoms with van der Waals surface area (Å²) < 4.78 is 0. The zero-order chi connectivity index (χ0) is 11.4. The molecule has 1 aliphatic heterocycles. The Bertz CT molecular complexity index is 250. The third-order valence-electron chi connectivity index (χ3n) is 2.80. The first-order chi connectivity index (χ1) is 7.10. The molecular weight excluding hydrogens is 214 g/mol. The van der Waals surface area contributed by atoms with Crippen molar-refractivity contribution in [2.45, 2.75) is 31.1 Å². The number of hydrazine groups is 1. The maximum atomic E-state index is 11.6. The number of thiol groups is 1. The van der Waals surface area contributed by atoms with Gasteiger partial charge in [-0.05, 0) is 12.8 Å². The van der Waals surface area contributed by atoms with Crippen LogP contribution < -0.4 is 11.2 Å². The van der Waals surface area contributed by atoms with Gasteiger partial charge in [0.15, 0.2) is 0 Å². The fourth-order valence-electron chi connectivity index (χ4n) is 2.06. The summed E-state index contributed by atoms with van der Waals surface area (Å²) in [4.78, 5) is 21.8. The molecule has 6 heteroatoms. The third-order valence-corrected chi connectivity index (χ3v) is 3.18. The van der Waals surface area contributed by atoms with Crippen molar-refractivity contribution in [1.82, 2.24) is 10.3 Å². The van der Waals surface area contributed by atoms with Crippen molar-refractivity contribution in [3.8, 4) is 0 Å². The van der Waals surface area contributed by atoms with Crippen molar-refractivity contribution in [2.24, 2.45) is 11.8 Å². The van der Waals surface area contributed by atoms with Gasteiger partial charge in [0.2, 0.25) is 12.3 Å². The first kappa shape index (κ1) is 12.5. The lowest BCUT2D eigenvalue weighted by molar-refractivity contribution is -0.130. The van der Waals surface area contributed by atoms with Crippen molar-refractivity contribution in [1.29, 1.82) is 0 Å². The molecule has 5 nitrogen and oxygen atoms in total. The van der Waals surface area contributed by atoms with Crippen LogP contribution in [-0.2, 0) is 9.59 Å². The predicted octanol–water partition coefficient (Wildman–Crippen LogP) is -0.468. The number of nitrogens with zero attached hydrogens (tertiary/aromatic N) is 1. The first-order valence-electron chi connectivity index (χ1n) is 5.03. The summed E-state index contributed by atoms with van der Waals surface area (Å²) in [5.41, 5.74) is 0. The fourth-order valence-corrected chi connectivity index (χ4v) is 2.46. The predicted molar refractivity (Wildman–Crippen MR) is 60.1 cm³/mol. The SMILES string of the molecule is CCC(C(=O)NC=O)C1CC(S)CN1N. The fraction of sp³-hybridized carbons (Fsp3) is 0.778. The highest BCUT2D eigenvalue weighted by Gasteiger charge is 2.36. The molecule has 1 rings (SSSR count). The zero-order valence-electron chi connectivity index (χ0n) is 8.72. The molecule has 0 aliphatic carbocycles. The van der Waals surface area contributed by atoms with Gasteiger partial charge >= 0.3 is 0 Å². The van der Waals surface area contributed by atoms with Crippen molar-refractivity contribution < 1.29 is 9.59 Å². The standard InChI is InChI=1S/C9H17N3O2S/c1-2-7(9(14)11-5-13)8-3-6(15)4-12(8)10/h5-8,15H,2-4,10H2,1H3,(H,11,13,14). The van der Waals surface area contributed by atoms with Crippen LogP contribution >= 0.6 is 12.6 Å². The largest absolute Gasteiger partial charge is 0.299 e. The summed E-state index contributed by atoms with van der Waals surface area (Å²) in [5.74, 6) is 5.30. The van der Waals surface area contributed by atoms with Crippen molar-refractivity contribution in [2.75, 3.05) is 6.54 Å². The Kier molecular flexibility index (Phi) is 4.56. The number of carbonyl (C=O) groups is 2. The van der Waals surface area contributed by atoms with E-state index in [1.54, 1.807) is 5.01 Å². The number of nitrogens with one attached hydrogen (secondary N) is 1. The van der Waals surface area contributed by atoms with Gasteiger partial charge in [-0.25, -0.2) is 5.01 Å². The minimum absolute atomic E-state index is 0.0163. The highest BCUT2D eigenvalue weighted by molar-refractivity contribution is 7.81. The second kappa shape index (κ2) is 5.48. The molecule has 0 saturated carbocycles. The van der Waals surface area contributed by atoms with E-state index in [1.165, 1.54) is 0 Å². The number of amides is 2. The van der Waals surface area contributed by atoms with Gasteiger partial charge in [-0.1, -0.05) is 6.92 Å². The van der Waals surface area contributed by atoms with Gasteiger partial charge < -0.3 is 0 Å². The number of nitrogens with two attached hydrogens (primary N) is 1. The molecule has 2 amide bonds. The number of rotatable bonds is 4. The number of carbonyl (C=O) groups excluding carboxylic acids is 2. The molecule has 86 valence electrons. The summed E-state index contributed by atoms with van der Waals surface area (Å²) >= 11 is 4.34. The van der Waals surface area contributed by atoms with Crippen LogP contribution in [0.3, 0.4) is 0 Å². The molecule has 3 N–H and O–H groups in total. The first-order valence-corrected chi connectivity index (χ1v) is 5.55. The average molecular weight is 231 g/mol. The Balaban J connectivity index is 2.65. The Hall–Kier alpha value is -0.590. The summed E-state index contributed by atoms with van der Waals surface area (Å²) in [6.45, 7) is 2.59. The molecule has 0 aromatic carbocycles.